The fourth-order valence-corrected chi connectivity index (χ4v) is 5.03. The van der Waals surface area contributed by atoms with E-state index in [2.05, 4.69) is 6.92 Å². The van der Waals surface area contributed by atoms with Crippen LogP contribution in [0.4, 0.5) is 5.69 Å². The van der Waals surface area contributed by atoms with E-state index in [1.165, 1.54) is 12.1 Å². The Morgan fingerprint density at radius 1 is 0.970 bits per heavy atom. The zero-order valence-corrected chi connectivity index (χ0v) is 20.6. The number of unbranched alkanes of at least 4 members (excludes halogenated alkanes) is 1. The number of rotatable bonds is 9. The number of aryl methyl sites for hydroxylation is 3. The van der Waals surface area contributed by atoms with Gasteiger partial charge in [0.2, 0.25) is 0 Å². The summed E-state index contributed by atoms with van der Waals surface area (Å²) in [4.78, 5) is 13.3. The van der Waals surface area contributed by atoms with Crippen LogP contribution in [0.25, 0.3) is 0 Å². The van der Waals surface area contributed by atoms with Crippen LogP contribution >= 0.6 is 11.6 Å². The van der Waals surface area contributed by atoms with Gasteiger partial charge >= 0.3 is 0 Å². The Kier molecular flexibility index (Phi) is 8.16. The fraction of sp³-hybridized carbons (Fsp3) is 0.269. The number of hydrogen-bond acceptors (Lipinski definition) is 4. The van der Waals surface area contributed by atoms with Gasteiger partial charge < -0.3 is 4.74 Å². The summed E-state index contributed by atoms with van der Waals surface area (Å²) >= 11 is 6.20. The lowest BCUT2D eigenvalue weighted by atomic mass is 10.1. The summed E-state index contributed by atoms with van der Waals surface area (Å²) in [6.45, 7) is 5.36. The molecule has 0 radical (unpaired) electrons. The monoisotopic (exact) mass is 485 g/mol. The maximum Gasteiger partial charge on any atom is 0.278 e. The first kappa shape index (κ1) is 24.8. The molecule has 33 heavy (non-hydrogen) atoms. The van der Waals surface area contributed by atoms with Crippen LogP contribution in [0.5, 0.6) is 5.75 Å². The van der Waals surface area contributed by atoms with Crippen LogP contribution in [0.1, 0.15) is 36.5 Å². The van der Waals surface area contributed by atoms with Crippen molar-refractivity contribution in [2.75, 3.05) is 10.9 Å². The lowest BCUT2D eigenvalue weighted by Crippen LogP contribution is -2.40. The summed E-state index contributed by atoms with van der Waals surface area (Å²) < 4.78 is 33.4. The summed E-state index contributed by atoms with van der Waals surface area (Å²) in [5.74, 6) is -0.236. The fourth-order valence-electron chi connectivity index (χ4n) is 3.49. The molecule has 3 rings (SSSR count). The molecule has 7 heteroatoms. The molecule has 3 aromatic carbocycles. The van der Waals surface area contributed by atoms with Crippen molar-refractivity contribution in [1.82, 2.24) is 0 Å². The summed E-state index contributed by atoms with van der Waals surface area (Å²) in [7, 11) is -4.13. The molecule has 0 atom stereocenters. The Labute approximate surface area is 201 Å². The van der Waals surface area contributed by atoms with Crippen molar-refractivity contribution in [1.29, 1.82) is 0 Å². The number of benzene rings is 3. The highest BCUT2D eigenvalue weighted by Gasteiger charge is 2.31. The second-order valence-corrected chi connectivity index (χ2v) is 10.1. The van der Waals surface area contributed by atoms with Crippen LogP contribution in [0.2, 0.25) is 5.02 Å². The highest BCUT2D eigenvalue weighted by molar-refractivity contribution is 7.93. The average molecular weight is 486 g/mol. The van der Waals surface area contributed by atoms with Crippen LogP contribution in [0.3, 0.4) is 0 Å². The minimum atomic E-state index is -4.13. The van der Waals surface area contributed by atoms with Crippen molar-refractivity contribution in [3.8, 4) is 5.75 Å². The number of halogens is 1. The Hall–Kier alpha value is -2.83. The van der Waals surface area contributed by atoms with Gasteiger partial charge in [-0.25, -0.2) is 8.42 Å². The van der Waals surface area contributed by atoms with E-state index in [1.54, 1.807) is 42.5 Å². The van der Waals surface area contributed by atoms with E-state index in [1.807, 2.05) is 26.0 Å². The van der Waals surface area contributed by atoms with Gasteiger partial charge in [-0.1, -0.05) is 55.3 Å². The molecular formula is C26H28ClNO4S. The molecule has 0 unspecified atom stereocenters. The lowest BCUT2D eigenvalue weighted by Gasteiger charge is -2.23. The van der Waals surface area contributed by atoms with E-state index in [0.29, 0.717) is 10.8 Å². The highest BCUT2D eigenvalue weighted by Crippen LogP contribution is 2.27. The second-order valence-electron chi connectivity index (χ2n) is 7.91. The molecule has 0 aliphatic rings. The number of ether oxygens (including phenoxy) is 1. The second kappa shape index (κ2) is 10.9. The highest BCUT2D eigenvalue weighted by atomic mass is 35.5. The predicted molar refractivity (Wildman–Crippen MR) is 133 cm³/mol. The molecule has 0 aliphatic heterocycles. The minimum absolute atomic E-state index is 0.0339. The number of sulfonamides is 1. The summed E-state index contributed by atoms with van der Waals surface area (Å²) in [6, 6.07) is 18.4. The smallest absolute Gasteiger partial charge is 0.278 e. The van der Waals surface area contributed by atoms with Gasteiger partial charge in [0.25, 0.3) is 15.9 Å². The molecule has 0 spiro atoms. The van der Waals surface area contributed by atoms with Gasteiger partial charge in [0.05, 0.1) is 10.6 Å². The zero-order valence-electron chi connectivity index (χ0n) is 19.0. The van der Waals surface area contributed by atoms with Crippen molar-refractivity contribution >= 4 is 33.2 Å². The number of anilines is 1. The van der Waals surface area contributed by atoms with Crippen molar-refractivity contribution < 1.29 is 17.9 Å². The third-order valence-corrected chi connectivity index (χ3v) is 7.63. The number of amides is 1. The molecule has 5 nitrogen and oxygen atoms in total. The van der Waals surface area contributed by atoms with Crippen molar-refractivity contribution in [2.45, 2.75) is 44.9 Å². The van der Waals surface area contributed by atoms with E-state index >= 15 is 0 Å². The Morgan fingerprint density at radius 3 is 2.15 bits per heavy atom. The van der Waals surface area contributed by atoms with E-state index in [4.69, 9.17) is 16.3 Å². The Morgan fingerprint density at radius 2 is 1.58 bits per heavy atom. The van der Waals surface area contributed by atoms with Crippen LogP contribution in [0.15, 0.2) is 71.6 Å². The quantitative estimate of drug-likeness (QED) is 0.367. The van der Waals surface area contributed by atoms with Gasteiger partial charge in [0.15, 0.2) is 6.61 Å². The first-order chi connectivity index (χ1) is 15.7. The molecule has 0 aromatic heterocycles. The van der Waals surface area contributed by atoms with Gasteiger partial charge in [0.1, 0.15) is 5.75 Å². The van der Waals surface area contributed by atoms with E-state index in [0.717, 1.165) is 40.3 Å². The SMILES string of the molecule is CCCCc1ccc(N(C(=O)COc2cc(C)c(Cl)c(C)c2)S(=O)(=O)c2ccccc2)cc1. The molecule has 0 heterocycles. The van der Waals surface area contributed by atoms with Crippen molar-refractivity contribution in [3.05, 3.63) is 88.4 Å². The minimum Gasteiger partial charge on any atom is -0.484 e. The maximum absolute atomic E-state index is 13.4. The number of carbonyl (C=O) groups excluding carboxylic acids is 1. The largest absolute Gasteiger partial charge is 0.484 e. The van der Waals surface area contributed by atoms with Crippen molar-refractivity contribution in [3.63, 3.8) is 0 Å². The summed E-state index contributed by atoms with van der Waals surface area (Å²) in [5, 5.41) is 0.630. The maximum atomic E-state index is 13.4. The van der Waals surface area contributed by atoms with Crippen LogP contribution < -0.4 is 9.04 Å². The van der Waals surface area contributed by atoms with E-state index in [9.17, 15) is 13.2 Å². The lowest BCUT2D eigenvalue weighted by molar-refractivity contribution is -0.119. The van der Waals surface area contributed by atoms with Gasteiger partial charge in [-0.15, -0.1) is 0 Å². The summed E-state index contributed by atoms with van der Waals surface area (Å²) in [6.07, 6.45) is 3.00. The molecular weight excluding hydrogens is 458 g/mol. The normalized spacial score (nSPS) is 11.3. The van der Waals surface area contributed by atoms with E-state index in [-0.39, 0.29) is 10.6 Å². The number of nitrogens with zero attached hydrogens (tertiary/aromatic N) is 1. The molecule has 0 saturated carbocycles. The van der Waals surface area contributed by atoms with Gasteiger partial charge in [-0.3, -0.25) is 4.79 Å². The van der Waals surface area contributed by atoms with Crippen LogP contribution in [0, 0.1) is 13.8 Å². The molecule has 0 N–H and O–H groups in total. The van der Waals surface area contributed by atoms with E-state index < -0.39 is 22.5 Å². The standard InChI is InChI=1S/C26H28ClNO4S/c1-4-5-9-21-12-14-22(15-13-21)28(33(30,31)24-10-7-6-8-11-24)25(29)18-32-23-16-19(2)26(27)20(3)17-23/h6-8,10-17H,4-5,9,18H2,1-3H3. The average Bonchev–Trinajstić information content (AvgIpc) is 2.81. The summed E-state index contributed by atoms with van der Waals surface area (Å²) in [5.41, 5.74) is 3.00. The molecule has 3 aromatic rings. The van der Waals surface area contributed by atoms with Gasteiger partial charge in [-0.2, -0.15) is 4.31 Å². The van der Waals surface area contributed by atoms with Gasteiger partial charge in [-0.05, 0) is 79.8 Å². The molecule has 1 amide bonds. The molecule has 0 fully saturated rings. The molecule has 0 bridgehead atoms. The van der Waals surface area contributed by atoms with Crippen LogP contribution in [-0.2, 0) is 21.2 Å². The third-order valence-electron chi connectivity index (χ3n) is 5.27. The Balaban J connectivity index is 1.92. The van der Waals surface area contributed by atoms with Crippen molar-refractivity contribution in [2.24, 2.45) is 0 Å². The first-order valence-corrected chi connectivity index (χ1v) is 12.7. The third kappa shape index (κ3) is 5.95. The van der Waals surface area contributed by atoms with Gasteiger partial charge in [0, 0.05) is 5.02 Å². The molecule has 0 saturated heterocycles. The predicted octanol–water partition coefficient (Wildman–Crippen LogP) is 6.10. The van der Waals surface area contributed by atoms with Crippen LogP contribution in [-0.4, -0.2) is 20.9 Å². The Bertz CT molecular complexity index is 1190. The first-order valence-electron chi connectivity index (χ1n) is 10.9. The number of carbonyl (C=O) groups is 1. The number of hydrogen-bond donors (Lipinski definition) is 0. The molecule has 174 valence electrons. The zero-order chi connectivity index (χ0) is 24.0. The topological polar surface area (TPSA) is 63.7 Å². The molecule has 0 aliphatic carbocycles.